The van der Waals surface area contributed by atoms with Gasteiger partial charge in [-0.1, -0.05) is 36.7 Å². The van der Waals surface area contributed by atoms with Crippen LogP contribution in [-0.4, -0.2) is 11.7 Å². The van der Waals surface area contributed by atoms with Gasteiger partial charge in [0.25, 0.3) is 0 Å². The standard InChI is InChI=1S/C14H15ClOS/c1-14(10-16,13-3-2-8-17-13)9-11-4-6-12(15)7-5-11/h2-8,16H,9-10H2,1H3. The molecule has 17 heavy (non-hydrogen) atoms. The highest BCUT2D eigenvalue weighted by Gasteiger charge is 2.27. The monoisotopic (exact) mass is 266 g/mol. The van der Waals surface area contributed by atoms with Crippen LogP contribution in [0.2, 0.25) is 5.02 Å². The van der Waals surface area contributed by atoms with Crippen molar-refractivity contribution in [1.82, 2.24) is 0 Å². The molecule has 1 N–H and O–H groups in total. The Hall–Kier alpha value is -0.830. The number of halogens is 1. The summed E-state index contributed by atoms with van der Waals surface area (Å²) in [6.07, 6.45) is 0.821. The van der Waals surface area contributed by atoms with Gasteiger partial charge in [0.15, 0.2) is 0 Å². The highest BCUT2D eigenvalue weighted by atomic mass is 35.5. The van der Waals surface area contributed by atoms with Gasteiger partial charge in [-0.25, -0.2) is 0 Å². The molecule has 90 valence electrons. The molecular formula is C14H15ClOS. The zero-order chi connectivity index (χ0) is 12.3. The minimum atomic E-state index is -0.206. The third kappa shape index (κ3) is 2.89. The maximum absolute atomic E-state index is 9.65. The van der Waals surface area contributed by atoms with Crippen LogP contribution in [0.3, 0.4) is 0 Å². The van der Waals surface area contributed by atoms with Gasteiger partial charge in [-0.3, -0.25) is 0 Å². The van der Waals surface area contributed by atoms with Crippen molar-refractivity contribution in [2.24, 2.45) is 0 Å². The molecule has 2 aromatic rings. The average Bonchev–Trinajstić information content (AvgIpc) is 2.86. The van der Waals surface area contributed by atoms with Crippen LogP contribution in [0, 0.1) is 0 Å². The highest BCUT2D eigenvalue weighted by Crippen LogP contribution is 2.31. The maximum Gasteiger partial charge on any atom is 0.0536 e. The summed E-state index contributed by atoms with van der Waals surface area (Å²) in [5.41, 5.74) is 0.987. The van der Waals surface area contributed by atoms with Crippen LogP contribution in [0.5, 0.6) is 0 Å². The van der Waals surface area contributed by atoms with E-state index in [9.17, 15) is 5.11 Å². The molecule has 2 rings (SSSR count). The summed E-state index contributed by atoms with van der Waals surface area (Å²) in [6.45, 7) is 2.24. The summed E-state index contributed by atoms with van der Waals surface area (Å²) in [6, 6.07) is 11.9. The number of thiophene rings is 1. The topological polar surface area (TPSA) is 20.2 Å². The van der Waals surface area contributed by atoms with Gasteiger partial charge in [0.2, 0.25) is 0 Å². The van der Waals surface area contributed by atoms with E-state index in [2.05, 4.69) is 13.0 Å². The molecule has 1 aromatic carbocycles. The molecule has 0 saturated carbocycles. The lowest BCUT2D eigenvalue weighted by molar-refractivity contribution is 0.207. The van der Waals surface area contributed by atoms with Gasteiger partial charge in [0, 0.05) is 15.3 Å². The van der Waals surface area contributed by atoms with Crippen LogP contribution in [0.4, 0.5) is 0 Å². The highest BCUT2D eigenvalue weighted by molar-refractivity contribution is 7.10. The van der Waals surface area contributed by atoms with E-state index in [0.29, 0.717) is 0 Å². The molecule has 0 aliphatic rings. The van der Waals surface area contributed by atoms with Gasteiger partial charge in [0.1, 0.15) is 0 Å². The van der Waals surface area contributed by atoms with Crippen LogP contribution in [0.15, 0.2) is 41.8 Å². The number of rotatable bonds is 4. The van der Waals surface area contributed by atoms with E-state index >= 15 is 0 Å². The van der Waals surface area contributed by atoms with Crippen LogP contribution in [-0.2, 0) is 11.8 Å². The van der Waals surface area contributed by atoms with E-state index < -0.39 is 0 Å². The Bertz CT molecular complexity index is 463. The minimum absolute atomic E-state index is 0.149. The van der Waals surface area contributed by atoms with Crippen molar-refractivity contribution in [2.45, 2.75) is 18.8 Å². The molecule has 1 heterocycles. The Kier molecular flexibility index (Phi) is 3.87. The predicted molar refractivity (Wildman–Crippen MR) is 73.9 cm³/mol. The van der Waals surface area contributed by atoms with Gasteiger partial charge in [0.05, 0.1) is 6.61 Å². The van der Waals surface area contributed by atoms with E-state index in [1.807, 2.05) is 35.7 Å². The molecule has 0 fully saturated rings. The van der Waals surface area contributed by atoms with Crippen molar-refractivity contribution in [3.8, 4) is 0 Å². The fourth-order valence-corrected chi connectivity index (χ4v) is 2.90. The third-order valence-corrected chi connectivity index (χ3v) is 4.40. The van der Waals surface area contributed by atoms with E-state index in [0.717, 1.165) is 11.4 Å². The van der Waals surface area contributed by atoms with Crippen molar-refractivity contribution in [2.75, 3.05) is 6.61 Å². The summed E-state index contributed by atoms with van der Waals surface area (Å²) in [4.78, 5) is 1.22. The van der Waals surface area contributed by atoms with Gasteiger partial charge in [-0.05, 0) is 35.6 Å². The molecule has 0 bridgehead atoms. The number of aliphatic hydroxyl groups is 1. The Balaban J connectivity index is 2.23. The van der Waals surface area contributed by atoms with Crippen molar-refractivity contribution in [3.63, 3.8) is 0 Å². The molecule has 0 saturated heterocycles. The third-order valence-electron chi connectivity index (χ3n) is 2.97. The molecule has 1 unspecified atom stereocenters. The molecule has 0 amide bonds. The predicted octanol–water partition coefficient (Wildman–Crippen LogP) is 3.89. The quantitative estimate of drug-likeness (QED) is 0.890. The van der Waals surface area contributed by atoms with Crippen LogP contribution >= 0.6 is 22.9 Å². The van der Waals surface area contributed by atoms with Crippen molar-refractivity contribution >= 4 is 22.9 Å². The first-order valence-electron chi connectivity index (χ1n) is 5.53. The minimum Gasteiger partial charge on any atom is -0.395 e. The second-order valence-electron chi connectivity index (χ2n) is 4.50. The molecule has 1 aromatic heterocycles. The van der Waals surface area contributed by atoms with Crippen LogP contribution in [0.25, 0.3) is 0 Å². The molecule has 0 spiro atoms. The Labute approximate surface area is 111 Å². The zero-order valence-corrected chi connectivity index (χ0v) is 11.3. The number of hydrogen-bond donors (Lipinski definition) is 1. The van der Waals surface area contributed by atoms with E-state index in [-0.39, 0.29) is 12.0 Å². The van der Waals surface area contributed by atoms with Crippen LogP contribution in [0.1, 0.15) is 17.4 Å². The number of aliphatic hydroxyl groups excluding tert-OH is 1. The Morgan fingerprint density at radius 3 is 2.47 bits per heavy atom. The molecular weight excluding hydrogens is 252 g/mol. The Morgan fingerprint density at radius 2 is 1.94 bits per heavy atom. The van der Waals surface area contributed by atoms with Crippen LogP contribution < -0.4 is 0 Å². The largest absolute Gasteiger partial charge is 0.395 e. The molecule has 0 radical (unpaired) electrons. The normalized spacial score (nSPS) is 14.5. The molecule has 3 heteroatoms. The lowest BCUT2D eigenvalue weighted by atomic mass is 9.83. The second kappa shape index (κ2) is 5.21. The SMILES string of the molecule is CC(CO)(Cc1ccc(Cl)cc1)c1cccs1. The summed E-state index contributed by atoms with van der Waals surface area (Å²) < 4.78 is 0. The molecule has 0 aliphatic carbocycles. The molecule has 0 aliphatic heterocycles. The van der Waals surface area contributed by atoms with Crippen molar-refractivity contribution < 1.29 is 5.11 Å². The van der Waals surface area contributed by atoms with E-state index in [1.165, 1.54) is 10.4 Å². The Morgan fingerprint density at radius 1 is 1.24 bits per heavy atom. The second-order valence-corrected chi connectivity index (χ2v) is 5.88. The van der Waals surface area contributed by atoms with Gasteiger partial charge in [-0.15, -0.1) is 11.3 Å². The van der Waals surface area contributed by atoms with Crippen molar-refractivity contribution in [3.05, 3.63) is 57.2 Å². The fourth-order valence-electron chi connectivity index (χ4n) is 1.90. The summed E-state index contributed by atoms with van der Waals surface area (Å²) in [5.74, 6) is 0. The summed E-state index contributed by atoms with van der Waals surface area (Å²) in [5, 5.41) is 12.4. The van der Waals surface area contributed by atoms with E-state index in [4.69, 9.17) is 11.6 Å². The molecule has 1 nitrogen and oxygen atoms in total. The lowest BCUT2D eigenvalue weighted by Gasteiger charge is -2.26. The number of benzene rings is 1. The fraction of sp³-hybridized carbons (Fsp3) is 0.286. The number of hydrogen-bond acceptors (Lipinski definition) is 2. The average molecular weight is 267 g/mol. The van der Waals surface area contributed by atoms with Gasteiger partial charge < -0.3 is 5.11 Å². The summed E-state index contributed by atoms with van der Waals surface area (Å²) in [7, 11) is 0. The first-order valence-corrected chi connectivity index (χ1v) is 6.79. The zero-order valence-electron chi connectivity index (χ0n) is 9.69. The maximum atomic E-state index is 9.65. The smallest absolute Gasteiger partial charge is 0.0536 e. The lowest BCUT2D eigenvalue weighted by Crippen LogP contribution is -2.28. The molecule has 1 atom stereocenters. The first-order chi connectivity index (χ1) is 8.14. The first kappa shape index (κ1) is 12.6. The van der Waals surface area contributed by atoms with Gasteiger partial charge in [-0.2, -0.15) is 0 Å². The van der Waals surface area contributed by atoms with E-state index in [1.54, 1.807) is 11.3 Å². The van der Waals surface area contributed by atoms with Gasteiger partial charge >= 0.3 is 0 Å². The summed E-state index contributed by atoms with van der Waals surface area (Å²) >= 11 is 7.56. The van der Waals surface area contributed by atoms with Crippen molar-refractivity contribution in [1.29, 1.82) is 0 Å².